The van der Waals surface area contributed by atoms with Crippen LogP contribution in [0, 0.1) is 0 Å². The van der Waals surface area contributed by atoms with Crippen molar-refractivity contribution < 1.29 is 4.79 Å². The Morgan fingerprint density at radius 3 is 2.65 bits per heavy atom. The van der Waals surface area contributed by atoms with Crippen LogP contribution in [0.15, 0.2) is 24.3 Å². The van der Waals surface area contributed by atoms with E-state index in [1.807, 2.05) is 6.07 Å². The molecule has 1 heterocycles. The number of piperidine rings is 1. The van der Waals surface area contributed by atoms with Crippen LogP contribution < -0.4 is 11.1 Å². The van der Waals surface area contributed by atoms with Crippen molar-refractivity contribution in [2.75, 3.05) is 26.2 Å². The molecule has 20 heavy (non-hydrogen) atoms. The predicted molar refractivity (Wildman–Crippen MR) is 85.0 cm³/mol. The van der Waals surface area contributed by atoms with Gasteiger partial charge in [0.05, 0.1) is 0 Å². The van der Waals surface area contributed by atoms with Crippen molar-refractivity contribution in [3.8, 4) is 0 Å². The fourth-order valence-corrected chi connectivity index (χ4v) is 2.55. The number of carbonyl (C=O) groups is 1. The lowest BCUT2D eigenvalue weighted by atomic mass is 10.1. The van der Waals surface area contributed by atoms with Crippen LogP contribution in [0.25, 0.3) is 0 Å². The number of hydrogen-bond acceptors (Lipinski definition) is 3. The lowest BCUT2D eigenvalue weighted by molar-refractivity contribution is 0.0946. The van der Waals surface area contributed by atoms with Crippen molar-refractivity contribution in [2.24, 2.45) is 5.73 Å². The maximum atomic E-state index is 12.0. The molecule has 1 aliphatic heterocycles. The summed E-state index contributed by atoms with van der Waals surface area (Å²) in [7, 11) is 0. The Kier molecular flexibility index (Phi) is 5.49. The van der Waals surface area contributed by atoms with E-state index in [1.54, 1.807) is 18.2 Å². The monoisotopic (exact) mass is 291 g/mol. The molecule has 0 aliphatic carbocycles. The topological polar surface area (TPSA) is 58.4 Å². The van der Waals surface area contributed by atoms with E-state index in [0.717, 1.165) is 25.2 Å². The third kappa shape index (κ3) is 4.28. The van der Waals surface area contributed by atoms with Crippen LogP contribution in [0.5, 0.6) is 0 Å². The minimum atomic E-state index is -0.0693. The van der Waals surface area contributed by atoms with E-state index in [-0.39, 0.29) is 5.91 Å². The molecule has 5 heteroatoms. The zero-order chi connectivity index (χ0) is 14.4. The standard InChI is InChI=1S/C15H21N3OS/c16-14(20)12-5-4-6-13(11-12)15(19)17-7-10-18-8-2-1-3-9-18/h4-6,11H,1-3,7-10H2,(H2,16,20)(H,17,19). The zero-order valence-corrected chi connectivity index (χ0v) is 12.4. The Hall–Kier alpha value is -1.46. The molecule has 0 bridgehead atoms. The van der Waals surface area contributed by atoms with Gasteiger partial charge in [-0.3, -0.25) is 4.79 Å². The molecule has 0 unspecified atom stereocenters. The Labute approximate surface area is 125 Å². The molecule has 1 amide bonds. The van der Waals surface area contributed by atoms with Gasteiger partial charge >= 0.3 is 0 Å². The summed E-state index contributed by atoms with van der Waals surface area (Å²) in [5, 5.41) is 2.95. The molecule has 2 rings (SSSR count). The van der Waals surface area contributed by atoms with Crippen LogP contribution in [0.4, 0.5) is 0 Å². The summed E-state index contributed by atoms with van der Waals surface area (Å²) in [4.78, 5) is 14.8. The van der Waals surface area contributed by atoms with Gasteiger partial charge in [-0.2, -0.15) is 0 Å². The van der Waals surface area contributed by atoms with Crippen molar-refractivity contribution in [1.29, 1.82) is 0 Å². The quantitative estimate of drug-likeness (QED) is 0.808. The highest BCUT2D eigenvalue weighted by molar-refractivity contribution is 7.80. The van der Waals surface area contributed by atoms with E-state index in [1.165, 1.54) is 19.3 Å². The first kappa shape index (κ1) is 14.9. The van der Waals surface area contributed by atoms with Crippen molar-refractivity contribution >= 4 is 23.1 Å². The van der Waals surface area contributed by atoms with Crippen molar-refractivity contribution in [3.05, 3.63) is 35.4 Å². The van der Waals surface area contributed by atoms with Gasteiger partial charge in [-0.25, -0.2) is 0 Å². The summed E-state index contributed by atoms with van der Waals surface area (Å²) in [6, 6.07) is 7.12. The normalized spacial score (nSPS) is 15.8. The van der Waals surface area contributed by atoms with Gasteiger partial charge in [-0.15, -0.1) is 0 Å². The van der Waals surface area contributed by atoms with Crippen LogP contribution in [0.1, 0.15) is 35.2 Å². The molecule has 0 spiro atoms. The molecule has 1 aromatic rings. The highest BCUT2D eigenvalue weighted by atomic mass is 32.1. The van der Waals surface area contributed by atoms with E-state index in [9.17, 15) is 4.79 Å². The third-order valence-corrected chi connectivity index (χ3v) is 3.81. The number of nitrogens with zero attached hydrogens (tertiary/aromatic N) is 1. The molecule has 3 N–H and O–H groups in total. The highest BCUT2D eigenvalue weighted by Crippen LogP contribution is 2.08. The lowest BCUT2D eigenvalue weighted by Crippen LogP contribution is -2.37. The molecule has 1 aromatic carbocycles. The van der Waals surface area contributed by atoms with Crippen molar-refractivity contribution in [2.45, 2.75) is 19.3 Å². The molecular weight excluding hydrogens is 270 g/mol. The van der Waals surface area contributed by atoms with Crippen LogP contribution in [0.2, 0.25) is 0 Å². The van der Waals surface area contributed by atoms with E-state index >= 15 is 0 Å². The molecule has 1 aliphatic rings. The molecule has 4 nitrogen and oxygen atoms in total. The fraction of sp³-hybridized carbons (Fsp3) is 0.467. The van der Waals surface area contributed by atoms with Gasteiger partial charge in [0.2, 0.25) is 0 Å². The molecule has 0 saturated carbocycles. The SMILES string of the molecule is NC(=S)c1cccc(C(=O)NCCN2CCCCC2)c1. The summed E-state index contributed by atoms with van der Waals surface area (Å²) in [5.41, 5.74) is 6.90. The maximum Gasteiger partial charge on any atom is 0.251 e. The van der Waals surface area contributed by atoms with Crippen LogP contribution in [-0.2, 0) is 0 Å². The average Bonchev–Trinajstić information content (AvgIpc) is 2.48. The summed E-state index contributed by atoms with van der Waals surface area (Å²) in [6.45, 7) is 3.89. The number of thiocarbonyl (C=S) groups is 1. The van der Waals surface area contributed by atoms with Crippen LogP contribution in [-0.4, -0.2) is 42.0 Å². The number of rotatable bonds is 5. The first-order valence-corrected chi connectivity index (χ1v) is 7.48. The number of carbonyl (C=O) groups excluding carboxylic acids is 1. The molecule has 1 fully saturated rings. The molecule has 1 saturated heterocycles. The lowest BCUT2D eigenvalue weighted by Gasteiger charge is -2.26. The number of amides is 1. The van der Waals surface area contributed by atoms with Gasteiger partial charge in [0, 0.05) is 24.2 Å². The van der Waals surface area contributed by atoms with E-state index in [4.69, 9.17) is 18.0 Å². The molecule has 108 valence electrons. The average molecular weight is 291 g/mol. The number of benzene rings is 1. The van der Waals surface area contributed by atoms with Crippen LogP contribution in [0.3, 0.4) is 0 Å². The van der Waals surface area contributed by atoms with Gasteiger partial charge in [0.1, 0.15) is 4.99 Å². The third-order valence-electron chi connectivity index (χ3n) is 3.57. The Bertz CT molecular complexity index is 484. The predicted octanol–water partition coefficient (Wildman–Crippen LogP) is 1.54. The van der Waals surface area contributed by atoms with Gasteiger partial charge < -0.3 is 16.0 Å². The summed E-state index contributed by atoms with van der Waals surface area (Å²) >= 11 is 4.92. The Morgan fingerprint density at radius 1 is 1.25 bits per heavy atom. The molecule has 0 aromatic heterocycles. The second-order valence-corrected chi connectivity index (χ2v) is 5.54. The van der Waals surface area contributed by atoms with Crippen molar-refractivity contribution in [1.82, 2.24) is 10.2 Å². The minimum absolute atomic E-state index is 0.0693. The largest absolute Gasteiger partial charge is 0.389 e. The van der Waals surface area contributed by atoms with Crippen LogP contribution >= 0.6 is 12.2 Å². The fourth-order valence-electron chi connectivity index (χ4n) is 2.43. The number of nitrogens with one attached hydrogen (secondary N) is 1. The number of likely N-dealkylation sites (tertiary alicyclic amines) is 1. The second-order valence-electron chi connectivity index (χ2n) is 5.10. The maximum absolute atomic E-state index is 12.0. The van der Waals surface area contributed by atoms with Gasteiger partial charge in [-0.1, -0.05) is 30.8 Å². The summed E-state index contributed by atoms with van der Waals surface area (Å²) < 4.78 is 0. The Balaban J connectivity index is 1.82. The first-order chi connectivity index (χ1) is 9.66. The summed E-state index contributed by atoms with van der Waals surface area (Å²) in [5.74, 6) is -0.0693. The molecule has 0 atom stereocenters. The van der Waals surface area contributed by atoms with Gasteiger partial charge in [0.25, 0.3) is 5.91 Å². The van der Waals surface area contributed by atoms with E-state index in [0.29, 0.717) is 17.1 Å². The minimum Gasteiger partial charge on any atom is -0.389 e. The number of nitrogens with two attached hydrogens (primary N) is 1. The zero-order valence-electron chi connectivity index (χ0n) is 11.6. The summed E-state index contributed by atoms with van der Waals surface area (Å²) in [6.07, 6.45) is 3.86. The molecular formula is C15H21N3OS. The first-order valence-electron chi connectivity index (χ1n) is 7.07. The van der Waals surface area contributed by atoms with E-state index < -0.39 is 0 Å². The number of hydrogen-bond donors (Lipinski definition) is 2. The van der Waals surface area contributed by atoms with Gasteiger partial charge in [-0.05, 0) is 38.1 Å². The highest BCUT2D eigenvalue weighted by Gasteiger charge is 2.11. The van der Waals surface area contributed by atoms with Gasteiger partial charge in [0.15, 0.2) is 0 Å². The molecule has 0 radical (unpaired) electrons. The van der Waals surface area contributed by atoms with E-state index in [2.05, 4.69) is 10.2 Å². The Morgan fingerprint density at radius 2 is 1.95 bits per heavy atom. The smallest absolute Gasteiger partial charge is 0.251 e. The van der Waals surface area contributed by atoms with Crippen molar-refractivity contribution in [3.63, 3.8) is 0 Å². The second kappa shape index (κ2) is 7.36.